The third-order valence-electron chi connectivity index (χ3n) is 6.00. The molecule has 154 valence electrons. The van der Waals surface area contributed by atoms with Crippen LogP contribution in [0.5, 0.6) is 0 Å². The van der Waals surface area contributed by atoms with Crippen molar-refractivity contribution in [3.05, 3.63) is 28.6 Å². The number of halogens is 3. The number of hydrogen-bond acceptors (Lipinski definition) is 3. The van der Waals surface area contributed by atoms with Crippen LogP contribution < -0.4 is 0 Å². The third kappa shape index (κ3) is 5.69. The van der Waals surface area contributed by atoms with Gasteiger partial charge in [-0.05, 0) is 76.3 Å². The highest BCUT2D eigenvalue weighted by Crippen LogP contribution is 2.35. The van der Waals surface area contributed by atoms with Gasteiger partial charge in [0.2, 0.25) is 0 Å². The molecule has 7 heteroatoms. The summed E-state index contributed by atoms with van der Waals surface area (Å²) in [5, 5.41) is -0.327. The Hall–Kier alpha value is -1.11. The van der Waals surface area contributed by atoms with Crippen molar-refractivity contribution >= 4 is 9.84 Å². The molecule has 1 saturated carbocycles. The summed E-state index contributed by atoms with van der Waals surface area (Å²) in [5.74, 6) is 1.00. The van der Waals surface area contributed by atoms with E-state index in [-0.39, 0.29) is 22.5 Å². The first-order valence-electron chi connectivity index (χ1n) is 9.65. The predicted molar refractivity (Wildman–Crippen MR) is 101 cm³/mol. The lowest BCUT2D eigenvalue weighted by molar-refractivity contribution is -0.138. The molecule has 0 radical (unpaired) electrons. The monoisotopic (exact) mass is 405 g/mol. The first kappa shape index (κ1) is 22.2. The highest BCUT2D eigenvalue weighted by Gasteiger charge is 2.34. The minimum atomic E-state index is -4.37. The summed E-state index contributed by atoms with van der Waals surface area (Å²) in [6.07, 6.45) is 1.94. The zero-order valence-corrected chi connectivity index (χ0v) is 17.4. The maximum atomic E-state index is 13.0. The molecule has 1 aromatic heterocycles. The van der Waals surface area contributed by atoms with Crippen molar-refractivity contribution in [2.75, 3.05) is 5.75 Å². The SMILES string of the molecule is Cc1c(C(F)(F)F)cnc(CCC2CCC(CS(=O)(=O)C(C)C)CC2)c1C. The van der Waals surface area contributed by atoms with Gasteiger partial charge in [0.05, 0.1) is 16.6 Å². The van der Waals surface area contributed by atoms with Crippen LogP contribution in [-0.4, -0.2) is 24.4 Å². The Morgan fingerprint density at radius 1 is 1.07 bits per heavy atom. The van der Waals surface area contributed by atoms with E-state index in [2.05, 4.69) is 4.98 Å². The second-order valence-corrected chi connectivity index (χ2v) is 10.8. The zero-order valence-electron chi connectivity index (χ0n) is 16.6. The summed E-state index contributed by atoms with van der Waals surface area (Å²) >= 11 is 0. The fraction of sp³-hybridized carbons (Fsp3) is 0.750. The predicted octanol–water partition coefficient (Wildman–Crippen LogP) is 5.28. The van der Waals surface area contributed by atoms with E-state index in [9.17, 15) is 21.6 Å². The molecule has 1 aliphatic carbocycles. The average molecular weight is 406 g/mol. The molecule has 2 rings (SSSR count). The van der Waals surface area contributed by atoms with E-state index < -0.39 is 21.6 Å². The maximum absolute atomic E-state index is 13.0. The molecule has 0 spiro atoms. The number of sulfone groups is 1. The first-order chi connectivity index (χ1) is 12.4. The van der Waals surface area contributed by atoms with Crippen molar-refractivity contribution in [1.82, 2.24) is 4.98 Å². The van der Waals surface area contributed by atoms with Crippen LogP contribution in [0.3, 0.4) is 0 Å². The van der Waals surface area contributed by atoms with E-state index >= 15 is 0 Å². The standard InChI is InChI=1S/C20H30F3NO2S/c1-13(2)27(25,26)12-17-7-5-16(6-8-17)9-10-19-15(4)14(3)18(11-24-19)20(21,22)23/h11,13,16-17H,5-10,12H2,1-4H3. The van der Waals surface area contributed by atoms with Gasteiger partial charge in [-0.2, -0.15) is 13.2 Å². The lowest BCUT2D eigenvalue weighted by atomic mass is 9.80. The second kappa shape index (κ2) is 8.50. The first-order valence-corrected chi connectivity index (χ1v) is 11.4. The van der Waals surface area contributed by atoms with Crippen LogP contribution in [0.1, 0.15) is 68.3 Å². The molecule has 0 atom stereocenters. The molecule has 27 heavy (non-hydrogen) atoms. The van der Waals surface area contributed by atoms with Gasteiger partial charge in [0, 0.05) is 11.9 Å². The number of aromatic nitrogens is 1. The summed E-state index contributed by atoms with van der Waals surface area (Å²) in [7, 11) is -3.00. The van der Waals surface area contributed by atoms with Crippen LogP contribution in [0.15, 0.2) is 6.20 Å². The highest BCUT2D eigenvalue weighted by atomic mass is 32.2. The molecule has 0 aromatic carbocycles. The minimum Gasteiger partial charge on any atom is -0.260 e. The maximum Gasteiger partial charge on any atom is 0.418 e. The lowest BCUT2D eigenvalue weighted by Gasteiger charge is -2.29. The number of aryl methyl sites for hydroxylation is 1. The number of hydrogen-bond donors (Lipinski definition) is 0. The van der Waals surface area contributed by atoms with Crippen molar-refractivity contribution in [3.8, 4) is 0 Å². The normalized spacial score (nSPS) is 21.6. The topological polar surface area (TPSA) is 47.0 Å². The Morgan fingerprint density at radius 3 is 2.15 bits per heavy atom. The molecule has 1 heterocycles. The van der Waals surface area contributed by atoms with E-state index in [0.29, 0.717) is 17.9 Å². The van der Waals surface area contributed by atoms with E-state index in [1.807, 2.05) is 0 Å². The fourth-order valence-electron chi connectivity index (χ4n) is 3.84. The van der Waals surface area contributed by atoms with Crippen molar-refractivity contribution in [3.63, 3.8) is 0 Å². The van der Waals surface area contributed by atoms with Crippen molar-refractivity contribution in [1.29, 1.82) is 0 Å². The number of rotatable bonds is 6. The van der Waals surface area contributed by atoms with Crippen LogP contribution in [0.25, 0.3) is 0 Å². The molecular formula is C20H30F3NO2S. The molecule has 0 unspecified atom stereocenters. The molecule has 0 aliphatic heterocycles. The number of nitrogens with zero attached hydrogens (tertiary/aromatic N) is 1. The van der Waals surface area contributed by atoms with E-state index in [1.165, 1.54) is 6.92 Å². The van der Waals surface area contributed by atoms with Crippen molar-refractivity contribution in [2.24, 2.45) is 11.8 Å². The Balaban J connectivity index is 1.90. The molecule has 3 nitrogen and oxygen atoms in total. The van der Waals surface area contributed by atoms with E-state index in [1.54, 1.807) is 20.8 Å². The molecule has 0 N–H and O–H groups in total. The summed E-state index contributed by atoms with van der Waals surface area (Å²) in [6, 6.07) is 0. The van der Waals surface area contributed by atoms with Crippen molar-refractivity contribution < 1.29 is 21.6 Å². The van der Waals surface area contributed by atoms with Crippen LogP contribution in [-0.2, 0) is 22.4 Å². The molecule has 0 saturated heterocycles. The Kier molecular flexibility index (Phi) is 6.98. The summed E-state index contributed by atoms with van der Waals surface area (Å²) in [6.45, 7) is 6.66. The minimum absolute atomic E-state index is 0.238. The van der Waals surface area contributed by atoms with Gasteiger partial charge >= 0.3 is 6.18 Å². The average Bonchev–Trinajstić information content (AvgIpc) is 2.56. The molecular weight excluding hydrogens is 375 g/mol. The summed E-state index contributed by atoms with van der Waals surface area (Å²) in [4.78, 5) is 4.07. The largest absolute Gasteiger partial charge is 0.418 e. The van der Waals surface area contributed by atoms with Gasteiger partial charge in [0.15, 0.2) is 9.84 Å². The zero-order chi connectivity index (χ0) is 20.4. The highest BCUT2D eigenvalue weighted by molar-refractivity contribution is 7.91. The van der Waals surface area contributed by atoms with E-state index in [4.69, 9.17) is 0 Å². The molecule has 0 bridgehead atoms. The number of pyridine rings is 1. The smallest absolute Gasteiger partial charge is 0.260 e. The summed E-state index contributed by atoms with van der Waals surface area (Å²) < 4.78 is 63.0. The van der Waals surface area contributed by atoms with Crippen LogP contribution in [0, 0.1) is 25.7 Å². The van der Waals surface area contributed by atoms with Crippen LogP contribution >= 0.6 is 0 Å². The van der Waals surface area contributed by atoms with Crippen LogP contribution in [0.4, 0.5) is 13.2 Å². The van der Waals surface area contributed by atoms with Gasteiger partial charge in [-0.15, -0.1) is 0 Å². The molecule has 1 aromatic rings. The summed E-state index contributed by atoms with van der Waals surface area (Å²) in [5.41, 5.74) is 0.970. The second-order valence-electron chi connectivity index (χ2n) is 8.17. The fourth-order valence-corrected chi connectivity index (χ4v) is 5.22. The molecule has 1 aliphatic rings. The van der Waals surface area contributed by atoms with Gasteiger partial charge < -0.3 is 0 Å². The van der Waals surface area contributed by atoms with Gasteiger partial charge in [-0.3, -0.25) is 4.98 Å². The van der Waals surface area contributed by atoms with Gasteiger partial charge in [0.25, 0.3) is 0 Å². The lowest BCUT2D eigenvalue weighted by Crippen LogP contribution is -2.26. The Bertz CT molecular complexity index is 749. The van der Waals surface area contributed by atoms with Gasteiger partial charge in [-0.25, -0.2) is 8.42 Å². The van der Waals surface area contributed by atoms with Crippen LogP contribution in [0.2, 0.25) is 0 Å². The Morgan fingerprint density at radius 2 is 1.63 bits per heavy atom. The molecule has 0 amide bonds. The van der Waals surface area contributed by atoms with Gasteiger partial charge in [0.1, 0.15) is 0 Å². The number of alkyl halides is 3. The van der Waals surface area contributed by atoms with Crippen molar-refractivity contribution in [2.45, 2.75) is 77.6 Å². The Labute approximate surface area is 160 Å². The third-order valence-corrected chi connectivity index (χ3v) is 8.37. The van der Waals surface area contributed by atoms with Gasteiger partial charge in [-0.1, -0.05) is 12.8 Å². The quantitative estimate of drug-likeness (QED) is 0.647. The molecule has 1 fully saturated rings. The van der Waals surface area contributed by atoms with E-state index in [0.717, 1.165) is 44.0 Å².